The van der Waals surface area contributed by atoms with Crippen molar-refractivity contribution in [3.8, 4) is 0 Å². The molecule has 0 radical (unpaired) electrons. The zero-order chi connectivity index (χ0) is 39.1. The van der Waals surface area contributed by atoms with Gasteiger partial charge in [0, 0.05) is 24.9 Å². The van der Waals surface area contributed by atoms with Gasteiger partial charge in [0.05, 0.1) is 6.42 Å². The van der Waals surface area contributed by atoms with Gasteiger partial charge < -0.3 is 23.7 Å². The monoisotopic (exact) mass is 724 g/mol. The summed E-state index contributed by atoms with van der Waals surface area (Å²) in [5, 5.41) is 0. The molecular weight excluding hydrogens is 668 g/mol. The summed E-state index contributed by atoms with van der Waals surface area (Å²) in [6, 6.07) is 18.2. The van der Waals surface area contributed by atoms with E-state index in [0.717, 1.165) is 11.1 Å². The van der Waals surface area contributed by atoms with E-state index in [9.17, 15) is 24.0 Å². The van der Waals surface area contributed by atoms with Crippen molar-refractivity contribution >= 4 is 30.1 Å². The molecule has 0 saturated carbocycles. The first-order valence-electron chi connectivity index (χ1n) is 17.7. The number of esters is 3. The highest BCUT2D eigenvalue weighted by Gasteiger charge is 2.62. The molecule has 286 valence electrons. The largest absolute Gasteiger partial charge is 0.460 e. The van der Waals surface area contributed by atoms with Gasteiger partial charge in [-0.05, 0) is 73.4 Å². The van der Waals surface area contributed by atoms with Crippen molar-refractivity contribution < 1.29 is 47.7 Å². The number of carbonyl (C=O) groups is 5. The SMILES string of the molecule is C[C@H]1CN(C(=O)OCc2ccccc2)C1C(=O)OC(C)(C)C.C[C@H]1CN(C(=O)OCc2ccccc2)[C@@]1(CC(=O)OC(C)(C)C)C(=O)OC(C)(C)C. The highest BCUT2D eigenvalue weighted by molar-refractivity contribution is 5.93. The Morgan fingerprint density at radius 1 is 0.654 bits per heavy atom. The molecule has 2 aliphatic rings. The van der Waals surface area contributed by atoms with Gasteiger partial charge in [0.1, 0.15) is 36.1 Å². The molecular formula is C40H56N2O10. The third-order valence-corrected chi connectivity index (χ3v) is 8.21. The smallest absolute Gasteiger partial charge is 0.411 e. The van der Waals surface area contributed by atoms with E-state index in [4.69, 9.17) is 23.7 Å². The van der Waals surface area contributed by atoms with Crippen LogP contribution in [0.3, 0.4) is 0 Å². The highest BCUT2D eigenvalue weighted by atomic mass is 16.6. The summed E-state index contributed by atoms with van der Waals surface area (Å²) in [4.78, 5) is 65.7. The van der Waals surface area contributed by atoms with Crippen molar-refractivity contribution in [2.75, 3.05) is 13.1 Å². The first-order valence-corrected chi connectivity index (χ1v) is 17.7. The van der Waals surface area contributed by atoms with Crippen molar-refractivity contribution in [1.29, 1.82) is 0 Å². The lowest BCUT2D eigenvalue weighted by molar-refractivity contribution is -0.192. The second kappa shape index (κ2) is 16.8. The van der Waals surface area contributed by atoms with E-state index in [-0.39, 0.29) is 44.0 Å². The molecule has 2 saturated heterocycles. The Morgan fingerprint density at radius 2 is 1.12 bits per heavy atom. The maximum absolute atomic E-state index is 13.2. The molecule has 2 fully saturated rings. The number of hydrogen-bond donors (Lipinski definition) is 0. The Labute approximate surface area is 308 Å². The highest BCUT2D eigenvalue weighted by Crippen LogP contribution is 2.42. The predicted molar refractivity (Wildman–Crippen MR) is 194 cm³/mol. The molecule has 2 heterocycles. The fraction of sp³-hybridized carbons (Fsp3) is 0.575. The summed E-state index contributed by atoms with van der Waals surface area (Å²) >= 11 is 0. The third-order valence-electron chi connectivity index (χ3n) is 8.21. The average Bonchev–Trinajstić information content (AvgIpc) is 3.01. The molecule has 0 spiro atoms. The standard InChI is InChI=1S/C23H33NO6.C17H23NO4/c1-16-14-24(20(27)28-15-17-11-9-8-10-12-17)23(16,19(26)30-22(5,6)7)13-18(25)29-21(2,3)4;1-12-10-18(14(12)15(19)22-17(2,3)4)16(20)21-11-13-8-6-5-7-9-13/h8-12,16H,13-15H2,1-7H3;5-9,12,14H,10-11H2,1-4H3/t16-,23+;12-,14?/m00/s1. The molecule has 2 aliphatic heterocycles. The van der Waals surface area contributed by atoms with E-state index in [1.807, 2.05) is 95.3 Å². The Hall–Kier alpha value is -4.61. The fourth-order valence-corrected chi connectivity index (χ4v) is 5.80. The van der Waals surface area contributed by atoms with Crippen molar-refractivity contribution in [3.05, 3.63) is 71.8 Å². The molecule has 2 aromatic rings. The zero-order valence-electron chi connectivity index (χ0n) is 32.5. The minimum absolute atomic E-state index is 0.0708. The van der Waals surface area contributed by atoms with E-state index < -0.39 is 52.5 Å². The van der Waals surface area contributed by atoms with Crippen molar-refractivity contribution in [2.24, 2.45) is 11.8 Å². The molecule has 1 unspecified atom stereocenters. The van der Waals surface area contributed by atoms with Crippen LogP contribution in [0.4, 0.5) is 9.59 Å². The van der Waals surface area contributed by atoms with Gasteiger partial charge in [-0.2, -0.15) is 0 Å². The van der Waals surface area contributed by atoms with Gasteiger partial charge in [-0.15, -0.1) is 0 Å². The van der Waals surface area contributed by atoms with Crippen molar-refractivity contribution in [3.63, 3.8) is 0 Å². The van der Waals surface area contributed by atoms with Crippen LogP contribution in [0.15, 0.2) is 60.7 Å². The summed E-state index contributed by atoms with van der Waals surface area (Å²) in [7, 11) is 0. The number of nitrogens with zero attached hydrogens (tertiary/aromatic N) is 2. The fourth-order valence-electron chi connectivity index (χ4n) is 5.80. The van der Waals surface area contributed by atoms with E-state index in [2.05, 4.69) is 0 Å². The zero-order valence-corrected chi connectivity index (χ0v) is 32.5. The Kier molecular flexibility index (Phi) is 13.5. The Balaban J connectivity index is 0.000000294. The molecule has 0 bridgehead atoms. The molecule has 2 aromatic carbocycles. The second-order valence-electron chi connectivity index (χ2n) is 16.4. The lowest BCUT2D eigenvalue weighted by atomic mass is 9.72. The molecule has 0 aromatic heterocycles. The normalized spacial score (nSPS) is 21.2. The van der Waals surface area contributed by atoms with E-state index in [0.29, 0.717) is 6.54 Å². The number of hydrogen-bond acceptors (Lipinski definition) is 10. The molecule has 12 nitrogen and oxygen atoms in total. The first kappa shape index (κ1) is 41.8. The summed E-state index contributed by atoms with van der Waals surface area (Å²) in [6.07, 6.45) is -1.43. The van der Waals surface area contributed by atoms with Crippen molar-refractivity contribution in [1.82, 2.24) is 9.80 Å². The lowest BCUT2D eigenvalue weighted by Gasteiger charge is -2.54. The minimum atomic E-state index is -1.45. The summed E-state index contributed by atoms with van der Waals surface area (Å²) in [5.41, 5.74) is -1.76. The first-order chi connectivity index (χ1) is 24.0. The molecule has 12 heteroatoms. The quantitative estimate of drug-likeness (QED) is 0.205. The van der Waals surface area contributed by atoms with Crippen LogP contribution >= 0.6 is 0 Å². The van der Waals surface area contributed by atoms with Crippen LogP contribution in [0, 0.1) is 11.8 Å². The van der Waals surface area contributed by atoms with Crippen LogP contribution in [0.5, 0.6) is 0 Å². The topological polar surface area (TPSA) is 138 Å². The predicted octanol–water partition coefficient (Wildman–Crippen LogP) is 7.07. The van der Waals surface area contributed by atoms with E-state index in [1.165, 1.54) is 9.80 Å². The van der Waals surface area contributed by atoms with Crippen LogP contribution in [-0.2, 0) is 51.3 Å². The maximum atomic E-state index is 13.2. The Morgan fingerprint density at radius 3 is 1.54 bits per heavy atom. The molecule has 4 atom stereocenters. The van der Waals surface area contributed by atoms with Gasteiger partial charge in [-0.3, -0.25) is 14.6 Å². The van der Waals surface area contributed by atoms with Crippen LogP contribution in [0.1, 0.15) is 93.7 Å². The third kappa shape index (κ3) is 11.7. The molecule has 0 aliphatic carbocycles. The van der Waals surface area contributed by atoms with Crippen LogP contribution in [0.2, 0.25) is 0 Å². The van der Waals surface area contributed by atoms with Crippen LogP contribution in [0.25, 0.3) is 0 Å². The second-order valence-corrected chi connectivity index (χ2v) is 16.4. The number of carbonyl (C=O) groups excluding carboxylic acids is 5. The molecule has 0 N–H and O–H groups in total. The summed E-state index contributed by atoms with van der Waals surface area (Å²) in [5.74, 6) is -1.77. The molecule has 4 rings (SSSR count). The van der Waals surface area contributed by atoms with Crippen LogP contribution in [-0.4, -0.2) is 81.4 Å². The van der Waals surface area contributed by atoms with Gasteiger partial charge in [-0.1, -0.05) is 74.5 Å². The van der Waals surface area contributed by atoms with Gasteiger partial charge in [0.15, 0.2) is 5.54 Å². The molecule has 2 amide bonds. The summed E-state index contributed by atoms with van der Waals surface area (Å²) < 4.78 is 27.1. The number of ether oxygens (including phenoxy) is 5. The minimum Gasteiger partial charge on any atom is -0.460 e. The molecule has 52 heavy (non-hydrogen) atoms. The van der Waals surface area contributed by atoms with Crippen molar-refractivity contribution in [2.45, 2.75) is 124 Å². The lowest BCUT2D eigenvalue weighted by Crippen LogP contribution is -2.73. The van der Waals surface area contributed by atoms with Gasteiger partial charge in [-0.25, -0.2) is 19.2 Å². The van der Waals surface area contributed by atoms with Crippen LogP contribution < -0.4 is 0 Å². The average molecular weight is 725 g/mol. The number of benzene rings is 2. The number of rotatable bonds is 8. The number of likely N-dealkylation sites (tertiary alicyclic amines) is 2. The van der Waals surface area contributed by atoms with Gasteiger partial charge in [0.25, 0.3) is 0 Å². The number of amides is 2. The Bertz CT molecular complexity index is 1540. The maximum Gasteiger partial charge on any atom is 0.411 e. The van der Waals surface area contributed by atoms with E-state index in [1.54, 1.807) is 41.5 Å². The van der Waals surface area contributed by atoms with Gasteiger partial charge >= 0.3 is 30.1 Å². The summed E-state index contributed by atoms with van der Waals surface area (Å²) in [6.45, 7) is 20.7. The van der Waals surface area contributed by atoms with Gasteiger partial charge in [0.2, 0.25) is 0 Å². The van der Waals surface area contributed by atoms with E-state index >= 15 is 0 Å².